The van der Waals surface area contributed by atoms with Crippen LogP contribution in [-0.4, -0.2) is 16.5 Å². The highest BCUT2D eigenvalue weighted by Gasteiger charge is 2.26. The average molecular weight is 390 g/mol. The van der Waals surface area contributed by atoms with E-state index in [0.717, 1.165) is 27.6 Å². The van der Waals surface area contributed by atoms with Crippen molar-refractivity contribution in [3.63, 3.8) is 0 Å². The molecule has 5 nitrogen and oxygen atoms in total. The Labute approximate surface area is 166 Å². The third-order valence-electron chi connectivity index (χ3n) is 4.93. The van der Waals surface area contributed by atoms with E-state index >= 15 is 0 Å². The quantitative estimate of drug-likeness (QED) is 0.344. The van der Waals surface area contributed by atoms with Gasteiger partial charge in [-0.25, -0.2) is 4.39 Å². The van der Waals surface area contributed by atoms with Gasteiger partial charge in [0.25, 0.3) is 0 Å². The monoisotopic (exact) mass is 390 g/mol. The van der Waals surface area contributed by atoms with Crippen LogP contribution >= 0.6 is 0 Å². The highest BCUT2D eigenvalue weighted by atomic mass is 19.1. The minimum absolute atomic E-state index is 0.246. The molecule has 1 N–H and O–H groups in total. The lowest BCUT2D eigenvalue weighted by Crippen LogP contribution is -2.15. The van der Waals surface area contributed by atoms with Gasteiger partial charge >= 0.3 is 0 Å². The van der Waals surface area contributed by atoms with Gasteiger partial charge in [0.15, 0.2) is 0 Å². The molecule has 1 aromatic heterocycles. The molecule has 0 aliphatic carbocycles. The van der Waals surface area contributed by atoms with E-state index in [-0.39, 0.29) is 23.9 Å². The number of nitrogens with zero attached hydrogens (tertiary/aromatic N) is 1. The number of fused-ring (bicyclic) bond motifs is 1. The van der Waals surface area contributed by atoms with E-state index in [1.807, 2.05) is 48.7 Å². The molecule has 0 saturated heterocycles. The van der Waals surface area contributed by atoms with Gasteiger partial charge in [-0.2, -0.15) is 0 Å². The first-order chi connectivity index (χ1) is 14.1. The Morgan fingerprint density at radius 3 is 2.48 bits per heavy atom. The summed E-state index contributed by atoms with van der Waals surface area (Å²) in [5, 5.41) is 12.4. The van der Waals surface area contributed by atoms with Gasteiger partial charge in [0.2, 0.25) is 6.54 Å². The zero-order chi connectivity index (χ0) is 20.2. The number of H-pyrrole nitrogens is 1. The Kier molecular flexibility index (Phi) is 5.24. The number of aromatic amines is 1. The summed E-state index contributed by atoms with van der Waals surface area (Å²) in [6, 6.07) is 21.2. The molecule has 0 saturated carbocycles. The van der Waals surface area contributed by atoms with Gasteiger partial charge in [-0.1, -0.05) is 48.5 Å². The molecule has 0 radical (unpaired) electrons. The van der Waals surface area contributed by atoms with E-state index in [2.05, 4.69) is 4.98 Å². The van der Waals surface area contributed by atoms with Crippen molar-refractivity contribution in [1.29, 1.82) is 0 Å². The van der Waals surface area contributed by atoms with E-state index in [9.17, 15) is 14.5 Å². The van der Waals surface area contributed by atoms with Crippen molar-refractivity contribution in [3.05, 3.63) is 112 Å². The van der Waals surface area contributed by atoms with Crippen LogP contribution in [0.1, 0.15) is 22.6 Å². The summed E-state index contributed by atoms with van der Waals surface area (Å²) >= 11 is 0. The first kappa shape index (κ1) is 18.7. The Bertz CT molecular complexity index is 1140. The Morgan fingerprint density at radius 1 is 0.966 bits per heavy atom. The molecule has 0 amide bonds. The second-order valence-electron chi connectivity index (χ2n) is 6.81. The van der Waals surface area contributed by atoms with Crippen LogP contribution < -0.4 is 4.74 Å². The molecule has 1 atom stereocenters. The van der Waals surface area contributed by atoms with Crippen molar-refractivity contribution in [2.75, 3.05) is 6.54 Å². The van der Waals surface area contributed by atoms with Gasteiger partial charge < -0.3 is 9.72 Å². The number of hydrogen-bond donors (Lipinski definition) is 1. The topological polar surface area (TPSA) is 68.2 Å². The van der Waals surface area contributed by atoms with Crippen molar-refractivity contribution in [1.82, 2.24) is 4.98 Å². The van der Waals surface area contributed by atoms with Crippen LogP contribution in [0.3, 0.4) is 0 Å². The molecule has 0 aliphatic rings. The predicted octanol–water partition coefficient (Wildman–Crippen LogP) is 5.29. The van der Waals surface area contributed by atoms with Crippen LogP contribution in [0.2, 0.25) is 0 Å². The first-order valence-corrected chi connectivity index (χ1v) is 9.26. The van der Waals surface area contributed by atoms with Gasteiger partial charge in [-0.15, -0.1) is 0 Å². The second-order valence-corrected chi connectivity index (χ2v) is 6.81. The number of nitro groups is 1. The molecule has 3 aromatic carbocycles. The maximum absolute atomic E-state index is 13.1. The van der Waals surface area contributed by atoms with Crippen molar-refractivity contribution in [3.8, 4) is 5.75 Å². The highest BCUT2D eigenvalue weighted by Crippen LogP contribution is 2.36. The summed E-state index contributed by atoms with van der Waals surface area (Å²) in [5.41, 5.74) is 3.35. The summed E-state index contributed by atoms with van der Waals surface area (Å²) in [7, 11) is 0. The second kappa shape index (κ2) is 8.14. The number of hydrogen-bond acceptors (Lipinski definition) is 3. The molecule has 1 heterocycles. The smallest absolute Gasteiger partial charge is 0.214 e. The lowest BCUT2D eigenvalue weighted by molar-refractivity contribution is -0.481. The zero-order valence-corrected chi connectivity index (χ0v) is 15.5. The van der Waals surface area contributed by atoms with Crippen molar-refractivity contribution < 1.29 is 14.1 Å². The molecule has 0 unspecified atom stereocenters. The van der Waals surface area contributed by atoms with Crippen molar-refractivity contribution >= 4 is 10.9 Å². The molecule has 0 aliphatic heterocycles. The fraction of sp³-hybridized carbons (Fsp3) is 0.130. The number of rotatable bonds is 7. The fourth-order valence-electron chi connectivity index (χ4n) is 3.54. The number of aromatic nitrogens is 1. The molecule has 146 valence electrons. The molecular weight excluding hydrogens is 371 g/mol. The standard InChI is InChI=1S/C23H19FN2O3/c24-17-11-9-16(10-12-17)15-29-23-8-4-2-6-19(23)21(14-26(27)28)20-13-25-22-7-3-1-5-18(20)22/h1-13,21,25H,14-15H2/t21-/m0/s1. The minimum Gasteiger partial charge on any atom is -0.489 e. The molecule has 4 rings (SSSR count). The normalized spacial score (nSPS) is 12.0. The summed E-state index contributed by atoms with van der Waals surface area (Å²) in [5.74, 6) is -0.195. The van der Waals surface area contributed by atoms with Crippen molar-refractivity contribution in [2.24, 2.45) is 0 Å². The Balaban J connectivity index is 1.70. The van der Waals surface area contributed by atoms with Gasteiger partial charge in [-0.05, 0) is 35.4 Å². The van der Waals surface area contributed by atoms with Gasteiger partial charge in [-0.3, -0.25) is 10.1 Å². The number of benzene rings is 3. The number of nitrogens with one attached hydrogen (secondary N) is 1. The maximum atomic E-state index is 13.1. The lowest BCUT2D eigenvalue weighted by atomic mass is 9.90. The Morgan fingerprint density at radius 2 is 1.69 bits per heavy atom. The third-order valence-corrected chi connectivity index (χ3v) is 4.93. The van der Waals surface area contributed by atoms with Crippen LogP contribution in [0.4, 0.5) is 4.39 Å². The third kappa shape index (κ3) is 4.11. The zero-order valence-electron chi connectivity index (χ0n) is 15.5. The number of ether oxygens (including phenoxy) is 1. The van der Waals surface area contributed by atoms with Gasteiger partial charge in [0, 0.05) is 27.6 Å². The van der Waals surface area contributed by atoms with Crippen molar-refractivity contribution in [2.45, 2.75) is 12.5 Å². The van der Waals surface area contributed by atoms with E-state index in [1.165, 1.54) is 12.1 Å². The van der Waals surface area contributed by atoms with E-state index in [0.29, 0.717) is 5.75 Å². The molecule has 4 aromatic rings. The fourth-order valence-corrected chi connectivity index (χ4v) is 3.54. The van der Waals surface area contributed by atoms with Crippen LogP contribution in [0.25, 0.3) is 10.9 Å². The molecule has 29 heavy (non-hydrogen) atoms. The molecular formula is C23H19FN2O3. The highest BCUT2D eigenvalue weighted by molar-refractivity contribution is 5.84. The SMILES string of the molecule is O=[N+]([O-])C[C@@H](c1ccccc1OCc1ccc(F)cc1)c1c[nH]c2ccccc12. The largest absolute Gasteiger partial charge is 0.489 e. The van der Waals surface area contributed by atoms with Gasteiger partial charge in [0.05, 0.1) is 5.92 Å². The Hall–Kier alpha value is -3.67. The van der Waals surface area contributed by atoms with Crippen LogP contribution in [0.15, 0.2) is 79.0 Å². The van der Waals surface area contributed by atoms with Crippen LogP contribution in [0, 0.1) is 15.9 Å². The predicted molar refractivity (Wildman–Crippen MR) is 109 cm³/mol. The minimum atomic E-state index is -0.467. The van der Waals surface area contributed by atoms with E-state index in [1.54, 1.807) is 18.2 Å². The summed E-state index contributed by atoms with van der Waals surface area (Å²) in [4.78, 5) is 14.3. The van der Waals surface area contributed by atoms with Crippen LogP contribution in [0.5, 0.6) is 5.75 Å². The molecule has 6 heteroatoms. The maximum Gasteiger partial charge on any atom is 0.214 e. The van der Waals surface area contributed by atoms with Gasteiger partial charge in [0.1, 0.15) is 18.2 Å². The van der Waals surface area contributed by atoms with Crippen LogP contribution in [-0.2, 0) is 6.61 Å². The summed E-state index contributed by atoms with van der Waals surface area (Å²) in [6.07, 6.45) is 1.83. The molecule has 0 spiro atoms. The average Bonchev–Trinajstić information content (AvgIpc) is 3.16. The number of para-hydroxylation sites is 2. The van der Waals surface area contributed by atoms with E-state index < -0.39 is 5.92 Å². The summed E-state index contributed by atoms with van der Waals surface area (Å²) < 4.78 is 19.1. The first-order valence-electron chi connectivity index (χ1n) is 9.26. The number of halogens is 1. The molecule has 0 fully saturated rings. The summed E-state index contributed by atoms with van der Waals surface area (Å²) in [6.45, 7) is -0.00483. The lowest BCUT2D eigenvalue weighted by Gasteiger charge is -2.18. The molecule has 0 bridgehead atoms. The van der Waals surface area contributed by atoms with E-state index in [4.69, 9.17) is 4.74 Å².